The highest BCUT2D eigenvalue weighted by molar-refractivity contribution is 8.12. The Morgan fingerprint density at radius 3 is 1.39 bits per heavy atom. The molecule has 0 atom stereocenters. The molecule has 0 fully saturated rings. The first-order valence-corrected chi connectivity index (χ1v) is 11.7. The number of aromatic carboxylic acids is 1. The van der Waals surface area contributed by atoms with Crippen LogP contribution in [0, 0.1) is 0 Å². The summed E-state index contributed by atoms with van der Waals surface area (Å²) in [5.41, 5.74) is 1.69. The number of benzene rings is 2. The molecule has 41 heavy (non-hydrogen) atoms. The molecule has 0 saturated heterocycles. The predicted octanol–water partition coefficient (Wildman–Crippen LogP) is -1.57. The summed E-state index contributed by atoms with van der Waals surface area (Å²) >= 11 is 0. The maximum Gasteiger partial charge on any atom is 0.338 e. The van der Waals surface area contributed by atoms with Crippen LogP contribution in [-0.4, -0.2) is 143 Å². The molecule has 0 unspecified atom stereocenters. The van der Waals surface area contributed by atoms with Gasteiger partial charge in [0.25, 0.3) is 0 Å². The van der Waals surface area contributed by atoms with E-state index in [2.05, 4.69) is 0 Å². The fraction of sp³-hybridized carbons (Fsp3) is 0.200. The highest BCUT2D eigenvalue weighted by Gasteiger charge is 2.36. The quantitative estimate of drug-likeness (QED) is 0.218. The van der Waals surface area contributed by atoms with Crippen molar-refractivity contribution in [1.82, 2.24) is 0 Å². The number of carboxylic acids is 1. The van der Waals surface area contributed by atoms with Crippen LogP contribution in [0.4, 0.5) is 0 Å². The van der Waals surface area contributed by atoms with Crippen molar-refractivity contribution >= 4 is 132 Å². The van der Waals surface area contributed by atoms with Gasteiger partial charge in [0.15, 0.2) is 0 Å². The van der Waals surface area contributed by atoms with E-state index in [1.165, 1.54) is 31.3 Å². The van der Waals surface area contributed by atoms with Crippen molar-refractivity contribution in [3.8, 4) is 0 Å². The molecule has 0 aliphatic carbocycles. The fourth-order valence-electron chi connectivity index (χ4n) is 3.28. The van der Waals surface area contributed by atoms with Crippen molar-refractivity contribution in [3.63, 3.8) is 0 Å². The molecule has 0 aliphatic heterocycles. The number of carbonyl (C=O) groups is 4. The molecule has 2 aromatic carbocycles. The normalized spacial score (nSPS) is 8.61. The van der Waals surface area contributed by atoms with Gasteiger partial charge >= 0.3 is 11.9 Å². The second kappa shape index (κ2) is 23.3. The summed E-state index contributed by atoms with van der Waals surface area (Å²) in [5, 5.41) is 8.46. The van der Waals surface area contributed by atoms with Crippen molar-refractivity contribution in [1.29, 1.82) is 0 Å². The van der Waals surface area contributed by atoms with Gasteiger partial charge in [0.05, 0.1) is 17.7 Å². The third-order valence-electron chi connectivity index (χ3n) is 5.30. The van der Waals surface area contributed by atoms with Crippen LogP contribution in [0.1, 0.15) is 63.2 Å². The molecular weight excluding hydrogens is 498 g/mol. The lowest BCUT2D eigenvalue weighted by atomic mass is 8.46. The van der Waals surface area contributed by atoms with Crippen LogP contribution in [0.2, 0.25) is 0 Å². The van der Waals surface area contributed by atoms with Crippen LogP contribution in [0.25, 0.3) is 0 Å². The third-order valence-corrected chi connectivity index (χ3v) is 5.30. The lowest BCUT2D eigenvalue weighted by Gasteiger charge is -2.35. The average molecular weight is 523 g/mol. The zero-order valence-electron chi connectivity index (χ0n) is 21.6. The molecule has 17 radical (unpaired) electrons. The van der Waals surface area contributed by atoms with Gasteiger partial charge in [0.2, 0.25) is 0 Å². The summed E-state index contributed by atoms with van der Waals surface area (Å²) in [6, 6.07) is 12.0. The smallest absolute Gasteiger partial charge is 0.338 e. The summed E-state index contributed by atoms with van der Waals surface area (Å²) in [6.45, 7) is 2.10. The second-order valence-electron chi connectivity index (χ2n) is 8.16. The number of hydrogen-bond donors (Lipinski definition) is 1. The fourth-order valence-corrected chi connectivity index (χ4v) is 3.28. The Labute approximate surface area is 259 Å². The number of rotatable bonds is 11. The molecule has 0 amide bonds. The number of esters is 1. The Morgan fingerprint density at radius 2 is 1.12 bits per heavy atom. The zero-order valence-corrected chi connectivity index (χ0v) is 21.6. The van der Waals surface area contributed by atoms with E-state index >= 15 is 0 Å². The van der Waals surface area contributed by atoms with E-state index in [0.29, 0.717) is 29.6 Å². The van der Waals surface area contributed by atoms with E-state index in [4.69, 9.17) is 71.7 Å². The highest BCUT2D eigenvalue weighted by Crippen LogP contribution is 2.04. The highest BCUT2D eigenvalue weighted by atomic mass is 16.5. The molecule has 0 aromatic heterocycles. The van der Waals surface area contributed by atoms with Crippen molar-refractivity contribution < 1.29 is 29.0 Å². The molecule has 185 valence electrons. The Hall–Kier alpha value is -2.31. The maximum atomic E-state index is 11.1. The molecule has 1 N–H and O–H groups in total. The van der Waals surface area contributed by atoms with Gasteiger partial charge in [-0.25, -0.2) is 9.59 Å². The van der Waals surface area contributed by atoms with Crippen LogP contribution in [0.3, 0.4) is 0 Å². The maximum absolute atomic E-state index is 11.1. The lowest BCUT2D eigenvalue weighted by molar-refractivity contribution is 0.0525. The van der Waals surface area contributed by atoms with Gasteiger partial charge < -0.3 is 9.84 Å². The number of carboxylic acid groups (broad SMARTS) is 1. The molecule has 0 spiro atoms. The van der Waals surface area contributed by atoms with E-state index in [9.17, 15) is 19.2 Å². The Balaban J connectivity index is -0.000000520. The Morgan fingerprint density at radius 1 is 0.756 bits per heavy atom. The number of carbonyl (C=O) groups excluding carboxylic acids is 3. The number of hydrogen-bond acceptors (Lipinski definition) is 5. The second-order valence-corrected chi connectivity index (χ2v) is 8.16. The summed E-state index contributed by atoms with van der Waals surface area (Å²) < 4.78 is 4.77. The summed E-state index contributed by atoms with van der Waals surface area (Å²) in [6.07, 6.45) is -2.37. The van der Waals surface area contributed by atoms with Crippen LogP contribution >= 0.6 is 0 Å². The summed E-state index contributed by atoms with van der Waals surface area (Å²) in [5.74, 6) is -1.35. The first-order valence-electron chi connectivity index (χ1n) is 11.7. The van der Waals surface area contributed by atoms with E-state index in [1.54, 1.807) is 31.2 Å². The molecule has 0 saturated carbocycles. The molecule has 2 aromatic rings. The molecule has 0 aliphatic rings. The SMILES string of the molecule is C.C.CCOC(=O)c1ccc(C=O)cc1.O=Cc1ccc(C(=O)O)cc1.[B][B]B([B])B(B([B])[B])B(B([B])[B])B([B])[B]. The third kappa shape index (κ3) is 16.1. The van der Waals surface area contributed by atoms with E-state index in [-0.39, 0.29) is 26.4 Å². The Bertz CT molecular complexity index is 1020. The molecule has 0 bridgehead atoms. The first kappa shape index (κ1) is 43.2. The average Bonchev–Trinajstić information content (AvgIpc) is 2.91. The molecule has 6 nitrogen and oxygen atoms in total. The minimum absolute atomic E-state index is 0. The number of ether oxygens (including phenoxy) is 1. The summed E-state index contributed by atoms with van der Waals surface area (Å²) in [4.78, 5) is 41.9. The minimum atomic E-state index is -0.984. The van der Waals surface area contributed by atoms with E-state index in [0.717, 1.165) is 6.29 Å². The zero-order chi connectivity index (χ0) is 30.1. The van der Waals surface area contributed by atoms with Crippen LogP contribution in [-0.2, 0) is 4.74 Å². The van der Waals surface area contributed by atoms with Gasteiger partial charge in [-0.15, -0.1) is 0 Å². The Kier molecular flexibility index (Phi) is 24.5. The first-order chi connectivity index (χ1) is 18.3. The van der Waals surface area contributed by atoms with Crippen LogP contribution in [0.5, 0.6) is 0 Å². The van der Waals surface area contributed by atoms with Crippen molar-refractivity contribution in [2.24, 2.45) is 0 Å². The standard InChI is InChI=1S/C10H10O3.C8H6O3.2CH4.B15/c1-2-13-10(12)9-5-3-8(7-11)4-6-9;9-5-6-1-3-7(4-2-6)8(10)11;;;1-9-13(8)15(12(6)7)14(10(2)3)11(4)5/h3-7H,2H2,1H3;1-5H,(H,10,11);2*1H4;. The molecule has 0 heterocycles. The van der Waals surface area contributed by atoms with Crippen LogP contribution in [0.15, 0.2) is 48.5 Å². The van der Waals surface area contributed by atoms with Crippen molar-refractivity contribution in [2.75, 3.05) is 6.61 Å². The van der Waals surface area contributed by atoms with E-state index in [1.807, 2.05) is 0 Å². The monoisotopic (exact) mass is 525 g/mol. The van der Waals surface area contributed by atoms with Gasteiger partial charge in [0, 0.05) is 118 Å². The molecule has 2 rings (SSSR count). The summed E-state index contributed by atoms with van der Waals surface area (Å²) in [7, 11) is 45.8. The van der Waals surface area contributed by atoms with Crippen molar-refractivity contribution in [3.05, 3.63) is 70.8 Å². The van der Waals surface area contributed by atoms with Crippen molar-refractivity contribution in [2.45, 2.75) is 21.8 Å². The number of aldehydes is 2. The van der Waals surface area contributed by atoms with Gasteiger partial charge in [-0.1, -0.05) is 39.1 Å². The lowest BCUT2D eigenvalue weighted by Crippen LogP contribution is -2.73. The van der Waals surface area contributed by atoms with E-state index < -0.39 is 44.3 Å². The topological polar surface area (TPSA) is 97.7 Å². The van der Waals surface area contributed by atoms with Gasteiger partial charge in [-0.2, -0.15) is 0 Å². The van der Waals surface area contributed by atoms with Crippen LogP contribution < -0.4 is 0 Å². The predicted molar refractivity (Wildman–Crippen MR) is 186 cm³/mol. The van der Waals surface area contributed by atoms with Gasteiger partial charge in [-0.3, -0.25) is 9.59 Å². The minimum Gasteiger partial charge on any atom is -0.478 e. The largest absolute Gasteiger partial charge is 0.478 e. The molecule has 21 heteroatoms. The molecular formula is C20H24B15O6. The van der Waals surface area contributed by atoms with Gasteiger partial charge in [-0.05, 0) is 31.2 Å². The van der Waals surface area contributed by atoms with Gasteiger partial charge in [0.1, 0.15) is 12.6 Å².